The van der Waals surface area contributed by atoms with E-state index in [-0.39, 0.29) is 12.5 Å². The molecule has 2 aromatic carbocycles. The van der Waals surface area contributed by atoms with Crippen LogP contribution in [0.25, 0.3) is 10.9 Å². The standard InChI is InChI=1S/C24H24N2O3S/c27-22(25-14-15-30-17-8-2-1-3-9-17)16-29-24(28)23-18-10-4-6-12-20(18)26-21-13-7-5-11-19(21)23/h1-4,6,8-10,12H,5,7,11,13-16H2,(H,25,27). The van der Waals surface area contributed by atoms with E-state index in [4.69, 9.17) is 9.72 Å². The highest BCUT2D eigenvalue weighted by molar-refractivity contribution is 7.99. The van der Waals surface area contributed by atoms with Gasteiger partial charge in [0.25, 0.3) is 5.91 Å². The lowest BCUT2D eigenvalue weighted by molar-refractivity contribution is -0.124. The van der Waals surface area contributed by atoms with Gasteiger partial charge in [-0.15, -0.1) is 11.8 Å². The van der Waals surface area contributed by atoms with Gasteiger partial charge in [0.05, 0.1) is 11.1 Å². The van der Waals surface area contributed by atoms with Crippen LogP contribution in [0, 0.1) is 0 Å². The summed E-state index contributed by atoms with van der Waals surface area (Å²) in [6, 6.07) is 17.6. The van der Waals surface area contributed by atoms with Gasteiger partial charge in [0, 0.05) is 28.3 Å². The molecule has 0 unspecified atom stereocenters. The first-order valence-electron chi connectivity index (χ1n) is 10.2. The van der Waals surface area contributed by atoms with E-state index in [2.05, 4.69) is 5.32 Å². The minimum absolute atomic E-state index is 0.278. The number of pyridine rings is 1. The van der Waals surface area contributed by atoms with Crippen molar-refractivity contribution in [1.29, 1.82) is 0 Å². The van der Waals surface area contributed by atoms with Crippen LogP contribution < -0.4 is 5.32 Å². The zero-order valence-electron chi connectivity index (χ0n) is 16.7. The Kier molecular flexibility index (Phi) is 6.64. The molecule has 3 aromatic rings. The number of nitrogens with one attached hydrogen (secondary N) is 1. The Bertz CT molecular complexity index is 1050. The molecule has 1 N–H and O–H groups in total. The van der Waals surface area contributed by atoms with Crippen molar-refractivity contribution >= 4 is 34.5 Å². The predicted octanol–water partition coefficient (Wildman–Crippen LogP) is 4.18. The number of para-hydroxylation sites is 1. The molecule has 5 nitrogen and oxygen atoms in total. The van der Waals surface area contributed by atoms with Crippen LogP contribution in [0.2, 0.25) is 0 Å². The summed E-state index contributed by atoms with van der Waals surface area (Å²) in [5.41, 5.74) is 3.33. The molecule has 0 saturated heterocycles. The molecule has 0 aliphatic heterocycles. The monoisotopic (exact) mass is 420 g/mol. The lowest BCUT2D eigenvalue weighted by Gasteiger charge is -2.19. The van der Waals surface area contributed by atoms with E-state index in [0.717, 1.165) is 58.5 Å². The van der Waals surface area contributed by atoms with Crippen molar-refractivity contribution < 1.29 is 14.3 Å². The summed E-state index contributed by atoms with van der Waals surface area (Å²) in [5.74, 6) is 0.0245. The number of ether oxygens (including phenoxy) is 1. The van der Waals surface area contributed by atoms with Crippen LogP contribution in [0.15, 0.2) is 59.5 Å². The first-order chi connectivity index (χ1) is 14.7. The Balaban J connectivity index is 1.36. The molecule has 0 bridgehead atoms. The molecule has 1 heterocycles. The molecule has 0 fully saturated rings. The highest BCUT2D eigenvalue weighted by Gasteiger charge is 2.24. The van der Waals surface area contributed by atoms with Crippen molar-refractivity contribution in [3.8, 4) is 0 Å². The first-order valence-corrected chi connectivity index (χ1v) is 11.2. The third kappa shape index (κ3) is 4.82. The van der Waals surface area contributed by atoms with Crippen molar-refractivity contribution in [2.75, 3.05) is 18.9 Å². The molecule has 0 radical (unpaired) electrons. The first kappa shape index (κ1) is 20.4. The van der Waals surface area contributed by atoms with Gasteiger partial charge in [0.2, 0.25) is 0 Å². The van der Waals surface area contributed by atoms with Gasteiger partial charge in [-0.2, -0.15) is 0 Å². The highest BCUT2D eigenvalue weighted by Crippen LogP contribution is 2.29. The number of aromatic nitrogens is 1. The maximum Gasteiger partial charge on any atom is 0.339 e. The zero-order valence-corrected chi connectivity index (χ0v) is 17.5. The van der Waals surface area contributed by atoms with Crippen molar-refractivity contribution in [3.63, 3.8) is 0 Å². The van der Waals surface area contributed by atoms with Gasteiger partial charge in [-0.3, -0.25) is 9.78 Å². The number of hydrogen-bond acceptors (Lipinski definition) is 5. The van der Waals surface area contributed by atoms with E-state index in [0.29, 0.717) is 12.1 Å². The number of amides is 1. The van der Waals surface area contributed by atoms with Gasteiger partial charge in [0.15, 0.2) is 6.61 Å². The zero-order chi connectivity index (χ0) is 20.8. The van der Waals surface area contributed by atoms with E-state index in [1.165, 1.54) is 0 Å². The third-order valence-electron chi connectivity index (χ3n) is 5.14. The number of esters is 1. The second kappa shape index (κ2) is 9.76. The van der Waals surface area contributed by atoms with Gasteiger partial charge in [-0.1, -0.05) is 36.4 Å². The van der Waals surface area contributed by atoms with Gasteiger partial charge < -0.3 is 10.1 Å². The number of aryl methyl sites for hydroxylation is 1. The summed E-state index contributed by atoms with van der Waals surface area (Å²) in [6.07, 6.45) is 3.81. The highest BCUT2D eigenvalue weighted by atomic mass is 32.2. The summed E-state index contributed by atoms with van der Waals surface area (Å²) < 4.78 is 5.39. The van der Waals surface area contributed by atoms with Crippen molar-refractivity contribution in [3.05, 3.63) is 71.4 Å². The molecule has 1 aromatic heterocycles. The number of thioether (sulfide) groups is 1. The molecule has 1 amide bonds. The molecule has 0 spiro atoms. The summed E-state index contributed by atoms with van der Waals surface area (Å²) >= 11 is 1.67. The summed E-state index contributed by atoms with van der Waals surface area (Å²) in [4.78, 5) is 30.9. The van der Waals surface area contributed by atoms with Gasteiger partial charge >= 0.3 is 5.97 Å². The lowest BCUT2D eigenvalue weighted by atomic mass is 9.90. The van der Waals surface area contributed by atoms with Crippen LogP contribution in [0.1, 0.15) is 34.5 Å². The molecule has 0 atom stereocenters. The van der Waals surface area contributed by atoms with Crippen LogP contribution in [0.5, 0.6) is 0 Å². The average molecular weight is 421 g/mol. The molecule has 6 heteroatoms. The quantitative estimate of drug-likeness (QED) is 0.353. The molecular weight excluding hydrogens is 396 g/mol. The fourth-order valence-corrected chi connectivity index (χ4v) is 4.53. The number of carbonyl (C=O) groups excluding carboxylic acids is 2. The maximum atomic E-state index is 12.9. The lowest BCUT2D eigenvalue weighted by Crippen LogP contribution is -2.30. The van der Waals surface area contributed by atoms with Crippen LogP contribution >= 0.6 is 11.8 Å². The van der Waals surface area contributed by atoms with Crippen LogP contribution in [-0.4, -0.2) is 35.8 Å². The third-order valence-corrected chi connectivity index (χ3v) is 6.16. The van der Waals surface area contributed by atoms with E-state index in [1.807, 2.05) is 54.6 Å². The largest absolute Gasteiger partial charge is 0.452 e. The maximum absolute atomic E-state index is 12.9. The molecule has 154 valence electrons. The number of hydrogen-bond donors (Lipinski definition) is 1. The van der Waals surface area contributed by atoms with E-state index >= 15 is 0 Å². The summed E-state index contributed by atoms with van der Waals surface area (Å²) in [5, 5.41) is 3.60. The summed E-state index contributed by atoms with van der Waals surface area (Å²) in [7, 11) is 0. The van der Waals surface area contributed by atoms with E-state index in [9.17, 15) is 9.59 Å². The number of nitrogens with zero attached hydrogens (tertiary/aromatic N) is 1. The minimum Gasteiger partial charge on any atom is -0.452 e. The molecule has 30 heavy (non-hydrogen) atoms. The second-order valence-corrected chi connectivity index (χ2v) is 8.39. The number of benzene rings is 2. The second-order valence-electron chi connectivity index (χ2n) is 7.22. The smallest absolute Gasteiger partial charge is 0.339 e. The minimum atomic E-state index is -0.444. The number of fused-ring (bicyclic) bond motifs is 2. The normalized spacial score (nSPS) is 12.9. The number of rotatable bonds is 7. The van der Waals surface area contributed by atoms with Crippen LogP contribution in [-0.2, 0) is 22.4 Å². The Morgan fingerprint density at radius 2 is 1.77 bits per heavy atom. The topological polar surface area (TPSA) is 68.3 Å². The Morgan fingerprint density at radius 1 is 1.00 bits per heavy atom. The van der Waals surface area contributed by atoms with Crippen LogP contribution in [0.4, 0.5) is 0 Å². The molecule has 0 saturated carbocycles. The average Bonchev–Trinajstić information content (AvgIpc) is 2.79. The van der Waals surface area contributed by atoms with Gasteiger partial charge in [-0.05, 0) is 49.4 Å². The molecule has 1 aliphatic carbocycles. The molecule has 4 rings (SSSR count). The Labute approximate surface area is 180 Å². The van der Waals surface area contributed by atoms with E-state index in [1.54, 1.807) is 11.8 Å². The van der Waals surface area contributed by atoms with E-state index < -0.39 is 5.97 Å². The van der Waals surface area contributed by atoms with Gasteiger partial charge in [0.1, 0.15) is 0 Å². The number of carbonyl (C=O) groups is 2. The Hall–Kier alpha value is -2.86. The van der Waals surface area contributed by atoms with Crippen molar-refractivity contribution in [1.82, 2.24) is 10.3 Å². The van der Waals surface area contributed by atoms with Crippen molar-refractivity contribution in [2.45, 2.75) is 30.6 Å². The molecular formula is C24H24N2O3S. The summed E-state index contributed by atoms with van der Waals surface area (Å²) in [6.45, 7) is 0.240. The SMILES string of the molecule is O=C(COC(=O)c1c2c(nc3ccccc13)CCCC2)NCCSc1ccccc1. The Morgan fingerprint density at radius 3 is 2.63 bits per heavy atom. The van der Waals surface area contributed by atoms with Gasteiger partial charge in [-0.25, -0.2) is 4.79 Å². The predicted molar refractivity (Wildman–Crippen MR) is 119 cm³/mol. The fraction of sp³-hybridized carbons (Fsp3) is 0.292. The van der Waals surface area contributed by atoms with Crippen molar-refractivity contribution in [2.24, 2.45) is 0 Å². The molecule has 1 aliphatic rings. The van der Waals surface area contributed by atoms with Crippen LogP contribution in [0.3, 0.4) is 0 Å². The fourth-order valence-electron chi connectivity index (χ4n) is 3.74.